The number of amides is 1. The molecule has 378 valence electrons. The monoisotopic (exact) mass is 902 g/mol. The summed E-state index contributed by atoms with van der Waals surface area (Å²) in [6.07, 6.45) is 64.8. The Morgan fingerprint density at radius 1 is 0.422 bits per heavy atom. The van der Waals surface area contributed by atoms with Gasteiger partial charge < -0.3 is 20.3 Å². The first-order valence-electron chi connectivity index (χ1n) is 28.6. The molecule has 64 heavy (non-hydrogen) atoms. The predicted molar refractivity (Wildman–Crippen MR) is 278 cm³/mol. The first-order valence-corrected chi connectivity index (χ1v) is 28.6. The van der Waals surface area contributed by atoms with Gasteiger partial charge in [-0.3, -0.25) is 9.59 Å². The SMILES string of the molecule is CCCCCCCC/C=C\CCCCCCCCCCCC(=O)OCCCCCCCCCCCCCCCCCC(=O)NC(CO)C(O)/C=C/CCCCCCCCCCCCC. The van der Waals surface area contributed by atoms with Crippen LogP contribution in [0.15, 0.2) is 24.3 Å². The Hall–Kier alpha value is -1.66. The van der Waals surface area contributed by atoms with Gasteiger partial charge in [0.2, 0.25) is 5.91 Å². The zero-order valence-electron chi connectivity index (χ0n) is 43.0. The van der Waals surface area contributed by atoms with Crippen molar-refractivity contribution >= 4 is 11.9 Å². The number of unbranched alkanes of at least 4 members (excludes halogenated alkanes) is 40. The highest BCUT2D eigenvalue weighted by molar-refractivity contribution is 5.76. The first kappa shape index (κ1) is 62.3. The van der Waals surface area contributed by atoms with Gasteiger partial charge in [0, 0.05) is 12.8 Å². The van der Waals surface area contributed by atoms with Gasteiger partial charge in [-0.2, -0.15) is 0 Å². The van der Waals surface area contributed by atoms with E-state index in [1.807, 2.05) is 6.08 Å². The Morgan fingerprint density at radius 3 is 1.11 bits per heavy atom. The highest BCUT2D eigenvalue weighted by atomic mass is 16.5. The van der Waals surface area contributed by atoms with E-state index in [2.05, 4.69) is 31.3 Å². The fourth-order valence-electron chi connectivity index (χ4n) is 8.81. The number of carbonyl (C=O) groups excluding carboxylic acids is 2. The normalized spacial score (nSPS) is 12.8. The fraction of sp³-hybridized carbons (Fsp3) is 0.897. The van der Waals surface area contributed by atoms with Crippen LogP contribution in [0.1, 0.15) is 309 Å². The van der Waals surface area contributed by atoms with Crippen molar-refractivity contribution in [1.29, 1.82) is 0 Å². The molecule has 0 fully saturated rings. The second-order valence-electron chi connectivity index (χ2n) is 19.6. The van der Waals surface area contributed by atoms with Gasteiger partial charge >= 0.3 is 5.97 Å². The van der Waals surface area contributed by atoms with E-state index >= 15 is 0 Å². The van der Waals surface area contributed by atoms with Gasteiger partial charge in [0.15, 0.2) is 0 Å². The number of aliphatic hydroxyl groups is 2. The van der Waals surface area contributed by atoms with Crippen LogP contribution in [0.25, 0.3) is 0 Å². The summed E-state index contributed by atoms with van der Waals surface area (Å²) >= 11 is 0. The molecule has 6 nitrogen and oxygen atoms in total. The molecule has 6 heteroatoms. The summed E-state index contributed by atoms with van der Waals surface area (Å²) in [5, 5.41) is 23.0. The van der Waals surface area contributed by atoms with Gasteiger partial charge in [0.05, 0.1) is 25.4 Å². The first-order chi connectivity index (χ1) is 31.5. The van der Waals surface area contributed by atoms with Crippen molar-refractivity contribution in [2.45, 2.75) is 321 Å². The average Bonchev–Trinajstić information content (AvgIpc) is 3.29. The molecule has 0 aliphatic heterocycles. The molecule has 0 spiro atoms. The lowest BCUT2D eigenvalue weighted by Crippen LogP contribution is -2.45. The van der Waals surface area contributed by atoms with E-state index in [1.54, 1.807) is 6.08 Å². The van der Waals surface area contributed by atoms with E-state index in [1.165, 1.54) is 231 Å². The van der Waals surface area contributed by atoms with Crippen LogP contribution in [0.5, 0.6) is 0 Å². The molecule has 0 aliphatic carbocycles. The highest BCUT2D eigenvalue weighted by Crippen LogP contribution is 2.17. The molecule has 0 saturated carbocycles. The summed E-state index contributed by atoms with van der Waals surface area (Å²) < 4.78 is 5.49. The molecule has 2 atom stereocenters. The molecule has 0 heterocycles. The van der Waals surface area contributed by atoms with Gasteiger partial charge in [-0.15, -0.1) is 0 Å². The van der Waals surface area contributed by atoms with Crippen molar-refractivity contribution in [2.75, 3.05) is 13.2 Å². The second-order valence-corrected chi connectivity index (χ2v) is 19.6. The zero-order chi connectivity index (χ0) is 46.5. The maximum Gasteiger partial charge on any atom is 0.305 e. The van der Waals surface area contributed by atoms with E-state index in [4.69, 9.17) is 4.74 Å². The van der Waals surface area contributed by atoms with Crippen molar-refractivity contribution in [1.82, 2.24) is 5.32 Å². The zero-order valence-corrected chi connectivity index (χ0v) is 43.0. The lowest BCUT2D eigenvalue weighted by atomic mass is 10.0. The topological polar surface area (TPSA) is 95.9 Å². The molecule has 0 radical (unpaired) electrons. The van der Waals surface area contributed by atoms with Crippen molar-refractivity contribution in [3.05, 3.63) is 24.3 Å². The maximum absolute atomic E-state index is 12.4. The largest absolute Gasteiger partial charge is 0.466 e. The van der Waals surface area contributed by atoms with Crippen molar-refractivity contribution < 1.29 is 24.5 Å². The molecule has 0 aromatic heterocycles. The van der Waals surface area contributed by atoms with Crippen LogP contribution in [0.2, 0.25) is 0 Å². The Balaban J connectivity index is 3.42. The van der Waals surface area contributed by atoms with Crippen molar-refractivity contribution in [2.24, 2.45) is 0 Å². The molecular weight excluding hydrogens is 791 g/mol. The molecule has 0 aromatic carbocycles. The third-order valence-corrected chi connectivity index (χ3v) is 13.2. The van der Waals surface area contributed by atoms with Crippen LogP contribution < -0.4 is 5.32 Å². The minimum Gasteiger partial charge on any atom is -0.466 e. The van der Waals surface area contributed by atoms with E-state index in [0.29, 0.717) is 19.4 Å². The number of hydrogen-bond acceptors (Lipinski definition) is 5. The standard InChI is InChI=1S/C58H111NO5/c1-3-5-7-9-11-13-15-17-18-19-20-21-24-28-32-36-40-44-48-52-58(63)64-53-49-45-41-37-33-29-25-22-23-27-31-35-39-43-47-51-57(62)59-55(54-60)56(61)50-46-42-38-34-30-26-16-14-12-10-8-6-4-2/h17-18,46,50,55-56,60-61H,3-16,19-45,47-49,51-54H2,1-2H3,(H,59,62)/b18-17-,50-46+. The smallest absolute Gasteiger partial charge is 0.305 e. The third-order valence-electron chi connectivity index (χ3n) is 13.2. The van der Waals surface area contributed by atoms with Gasteiger partial charge in [-0.05, 0) is 57.8 Å². The van der Waals surface area contributed by atoms with Crippen LogP contribution >= 0.6 is 0 Å². The van der Waals surface area contributed by atoms with Crippen LogP contribution in [0, 0.1) is 0 Å². The van der Waals surface area contributed by atoms with Gasteiger partial charge in [0.1, 0.15) is 0 Å². The molecule has 0 aliphatic rings. The summed E-state index contributed by atoms with van der Waals surface area (Å²) in [7, 11) is 0. The number of ether oxygens (including phenoxy) is 1. The molecule has 2 unspecified atom stereocenters. The summed E-state index contributed by atoms with van der Waals surface area (Å²) in [4.78, 5) is 24.5. The van der Waals surface area contributed by atoms with E-state index in [0.717, 1.165) is 51.4 Å². The van der Waals surface area contributed by atoms with Crippen LogP contribution in [0.3, 0.4) is 0 Å². The van der Waals surface area contributed by atoms with Crippen LogP contribution in [-0.2, 0) is 14.3 Å². The Bertz CT molecular complexity index is 997. The predicted octanol–water partition coefficient (Wildman–Crippen LogP) is 17.5. The number of carbonyl (C=O) groups is 2. The second kappa shape index (κ2) is 54.0. The molecule has 0 bridgehead atoms. The summed E-state index contributed by atoms with van der Waals surface area (Å²) in [5.41, 5.74) is 0. The number of nitrogens with one attached hydrogen (secondary N) is 1. The minimum atomic E-state index is -0.849. The number of rotatable bonds is 53. The van der Waals surface area contributed by atoms with E-state index < -0.39 is 12.1 Å². The highest BCUT2D eigenvalue weighted by Gasteiger charge is 2.18. The molecule has 1 amide bonds. The minimum absolute atomic E-state index is 0.000830. The Labute approximate surface area is 399 Å². The number of esters is 1. The van der Waals surface area contributed by atoms with Crippen molar-refractivity contribution in [3.63, 3.8) is 0 Å². The third kappa shape index (κ3) is 49.8. The summed E-state index contributed by atoms with van der Waals surface area (Å²) in [6, 6.07) is -0.633. The fourth-order valence-corrected chi connectivity index (χ4v) is 8.81. The van der Waals surface area contributed by atoms with Crippen molar-refractivity contribution in [3.8, 4) is 0 Å². The maximum atomic E-state index is 12.4. The summed E-state index contributed by atoms with van der Waals surface area (Å²) in [6.45, 7) is 4.89. The van der Waals surface area contributed by atoms with Gasteiger partial charge in [-0.1, -0.05) is 263 Å². The number of aliphatic hydroxyl groups excluding tert-OH is 2. The summed E-state index contributed by atoms with van der Waals surface area (Å²) in [5.74, 6) is -0.0770. The lowest BCUT2D eigenvalue weighted by Gasteiger charge is -2.20. The molecule has 0 saturated heterocycles. The van der Waals surface area contributed by atoms with Gasteiger partial charge in [-0.25, -0.2) is 0 Å². The van der Waals surface area contributed by atoms with E-state index in [-0.39, 0.29) is 18.5 Å². The quantitative estimate of drug-likeness (QED) is 0.0321. The lowest BCUT2D eigenvalue weighted by molar-refractivity contribution is -0.143. The van der Waals surface area contributed by atoms with Crippen LogP contribution in [-0.4, -0.2) is 47.4 Å². The molecule has 3 N–H and O–H groups in total. The Morgan fingerprint density at radius 2 is 0.734 bits per heavy atom. The Kier molecular flexibility index (Phi) is 52.6. The van der Waals surface area contributed by atoms with Gasteiger partial charge in [0.25, 0.3) is 0 Å². The number of hydrogen-bond donors (Lipinski definition) is 3. The van der Waals surface area contributed by atoms with Crippen LogP contribution in [0.4, 0.5) is 0 Å². The molecule has 0 rings (SSSR count). The number of allylic oxidation sites excluding steroid dienone is 3. The molecular formula is C58H111NO5. The average molecular weight is 903 g/mol. The van der Waals surface area contributed by atoms with E-state index in [9.17, 15) is 19.8 Å². The molecule has 0 aromatic rings.